The van der Waals surface area contributed by atoms with Gasteiger partial charge in [0.05, 0.1) is 35.0 Å². The summed E-state index contributed by atoms with van der Waals surface area (Å²) >= 11 is 0. The minimum atomic E-state index is -0.891. The number of carbonyl (C=O) groups excluding carboxylic acids is 1. The van der Waals surface area contributed by atoms with Gasteiger partial charge in [0.25, 0.3) is 5.91 Å². The topological polar surface area (TPSA) is 135 Å². The van der Waals surface area contributed by atoms with E-state index in [4.69, 9.17) is 15.3 Å². The van der Waals surface area contributed by atoms with Gasteiger partial charge in [-0.15, -0.1) is 0 Å². The highest BCUT2D eigenvalue weighted by Gasteiger charge is 2.18. The van der Waals surface area contributed by atoms with E-state index in [0.29, 0.717) is 35.0 Å². The summed E-state index contributed by atoms with van der Waals surface area (Å²) in [6, 6.07) is 11.8. The molecule has 0 spiro atoms. The van der Waals surface area contributed by atoms with Crippen LogP contribution in [-0.4, -0.2) is 51.7 Å². The Morgan fingerprint density at radius 1 is 1.16 bits per heavy atom. The Bertz CT molecular complexity index is 1610. The minimum absolute atomic E-state index is 0.192. The standard InChI is InChI=1S/C25H25FN8O3/c1-33(2)37-13-34-10-8-14-11-20(36-3)18(12-19(14)34)30-25-31-23-15(7-9-28-23)24(32-25)29-17-6-4-5-16(26)21(17)22(27)35/h4-12H,13H2,1-3H3,(H2,27,35)(H3,28,29,30,31,32). The van der Waals surface area contributed by atoms with Crippen LogP contribution in [0.25, 0.3) is 21.9 Å². The van der Waals surface area contributed by atoms with Gasteiger partial charge >= 0.3 is 0 Å². The molecule has 37 heavy (non-hydrogen) atoms. The van der Waals surface area contributed by atoms with Gasteiger partial charge < -0.3 is 30.7 Å². The fourth-order valence-electron chi connectivity index (χ4n) is 3.99. The van der Waals surface area contributed by atoms with E-state index in [-0.39, 0.29) is 17.2 Å². The van der Waals surface area contributed by atoms with E-state index in [1.54, 1.807) is 30.5 Å². The number of amides is 1. The van der Waals surface area contributed by atoms with Crippen LogP contribution < -0.4 is 21.1 Å². The van der Waals surface area contributed by atoms with Gasteiger partial charge in [-0.25, -0.2) is 4.39 Å². The van der Waals surface area contributed by atoms with Crippen molar-refractivity contribution in [3.05, 3.63) is 66.2 Å². The van der Waals surface area contributed by atoms with Gasteiger partial charge in [0.1, 0.15) is 29.8 Å². The van der Waals surface area contributed by atoms with E-state index >= 15 is 0 Å². The predicted octanol–water partition coefficient (Wildman–Crippen LogP) is 4.10. The number of carbonyl (C=O) groups is 1. The molecule has 0 aliphatic heterocycles. The van der Waals surface area contributed by atoms with Crippen molar-refractivity contribution in [3.8, 4) is 5.75 Å². The smallest absolute Gasteiger partial charge is 0.253 e. The Kier molecular flexibility index (Phi) is 6.34. The Labute approximate surface area is 211 Å². The highest BCUT2D eigenvalue weighted by molar-refractivity contribution is 6.01. The highest BCUT2D eigenvalue weighted by atomic mass is 19.1. The number of aromatic amines is 1. The zero-order valence-corrected chi connectivity index (χ0v) is 20.4. The molecule has 0 saturated carbocycles. The monoisotopic (exact) mass is 504 g/mol. The number of rotatable bonds is 9. The normalized spacial score (nSPS) is 11.4. The lowest BCUT2D eigenvalue weighted by atomic mass is 10.1. The summed E-state index contributed by atoms with van der Waals surface area (Å²) in [6.45, 7) is 0.330. The summed E-state index contributed by atoms with van der Waals surface area (Å²) in [7, 11) is 5.21. The number of halogens is 1. The van der Waals surface area contributed by atoms with Crippen molar-refractivity contribution in [2.24, 2.45) is 5.73 Å². The maximum Gasteiger partial charge on any atom is 0.253 e. The second kappa shape index (κ2) is 9.76. The largest absolute Gasteiger partial charge is 0.495 e. The number of primary amides is 1. The van der Waals surface area contributed by atoms with Crippen LogP contribution in [0.2, 0.25) is 0 Å². The summed E-state index contributed by atoms with van der Waals surface area (Å²) in [4.78, 5) is 29.7. The molecule has 5 rings (SSSR count). The average molecular weight is 505 g/mol. The summed E-state index contributed by atoms with van der Waals surface area (Å²) in [6.07, 6.45) is 3.63. The molecule has 0 fully saturated rings. The number of nitrogens with two attached hydrogens (primary N) is 1. The summed E-state index contributed by atoms with van der Waals surface area (Å²) < 4.78 is 21.9. The van der Waals surface area contributed by atoms with Crippen LogP contribution in [0.5, 0.6) is 5.75 Å². The van der Waals surface area contributed by atoms with Crippen LogP contribution in [0.1, 0.15) is 10.4 Å². The molecule has 0 atom stereocenters. The number of anilines is 4. The average Bonchev–Trinajstić information content (AvgIpc) is 3.49. The van der Waals surface area contributed by atoms with Crippen LogP contribution >= 0.6 is 0 Å². The third-order valence-electron chi connectivity index (χ3n) is 5.72. The number of hydroxylamine groups is 2. The lowest BCUT2D eigenvalue weighted by Gasteiger charge is -2.15. The van der Waals surface area contributed by atoms with E-state index in [1.165, 1.54) is 12.1 Å². The van der Waals surface area contributed by atoms with E-state index < -0.39 is 11.7 Å². The maximum atomic E-state index is 14.3. The number of H-pyrrole nitrogens is 1. The maximum absolute atomic E-state index is 14.3. The molecule has 5 aromatic rings. The number of hydrogen-bond donors (Lipinski definition) is 4. The molecule has 0 saturated heterocycles. The Balaban J connectivity index is 1.54. The highest BCUT2D eigenvalue weighted by Crippen LogP contribution is 2.34. The molecular formula is C25H25FN8O3. The Morgan fingerprint density at radius 2 is 2.00 bits per heavy atom. The first-order chi connectivity index (χ1) is 17.8. The summed E-state index contributed by atoms with van der Waals surface area (Å²) in [5, 5.41) is 9.49. The number of methoxy groups -OCH3 is 1. The number of hydrogen-bond acceptors (Lipinski definition) is 8. The zero-order valence-electron chi connectivity index (χ0n) is 20.4. The number of nitrogens with zero attached hydrogens (tertiary/aromatic N) is 4. The van der Waals surface area contributed by atoms with Crippen molar-refractivity contribution in [1.82, 2.24) is 24.6 Å². The van der Waals surface area contributed by atoms with Crippen molar-refractivity contribution in [1.29, 1.82) is 0 Å². The Hall–Kier alpha value is -4.68. The molecule has 11 nitrogen and oxygen atoms in total. The molecule has 1 amide bonds. The number of aromatic nitrogens is 4. The molecule has 0 unspecified atom stereocenters. The molecular weight excluding hydrogens is 479 g/mol. The molecule has 190 valence electrons. The van der Waals surface area contributed by atoms with Crippen molar-refractivity contribution >= 4 is 51.0 Å². The third kappa shape index (κ3) is 4.75. The second-order valence-electron chi connectivity index (χ2n) is 8.38. The molecule has 5 N–H and O–H groups in total. The van der Waals surface area contributed by atoms with Gasteiger partial charge in [-0.05, 0) is 36.4 Å². The SMILES string of the molecule is COc1cc2ccn(CON(C)C)c2cc1Nc1nc(Nc2cccc(F)c2C(N)=O)c2cc[nH]c2n1. The molecule has 3 aromatic heterocycles. The lowest BCUT2D eigenvalue weighted by Crippen LogP contribution is -2.16. The number of fused-ring (bicyclic) bond motifs is 2. The summed E-state index contributed by atoms with van der Waals surface area (Å²) in [5.41, 5.74) is 7.41. The van der Waals surface area contributed by atoms with Crippen molar-refractivity contribution in [2.45, 2.75) is 6.73 Å². The van der Waals surface area contributed by atoms with Gasteiger partial charge in [-0.2, -0.15) is 15.0 Å². The number of benzene rings is 2. The number of nitrogens with one attached hydrogen (secondary N) is 3. The van der Waals surface area contributed by atoms with E-state index in [9.17, 15) is 9.18 Å². The van der Waals surface area contributed by atoms with Crippen molar-refractivity contribution < 1.29 is 18.8 Å². The first-order valence-corrected chi connectivity index (χ1v) is 11.3. The fraction of sp³-hybridized carbons (Fsp3) is 0.160. The molecule has 3 heterocycles. The third-order valence-corrected chi connectivity index (χ3v) is 5.72. The van der Waals surface area contributed by atoms with E-state index in [1.807, 2.05) is 43.1 Å². The van der Waals surface area contributed by atoms with Crippen LogP contribution in [0.4, 0.5) is 27.5 Å². The Morgan fingerprint density at radius 3 is 2.76 bits per heavy atom. The molecule has 2 aromatic carbocycles. The number of ether oxygens (including phenoxy) is 1. The van der Waals surface area contributed by atoms with Gasteiger partial charge in [0, 0.05) is 31.9 Å². The van der Waals surface area contributed by atoms with Crippen LogP contribution in [0, 0.1) is 5.82 Å². The van der Waals surface area contributed by atoms with E-state index in [0.717, 1.165) is 10.9 Å². The zero-order chi connectivity index (χ0) is 26.1. The van der Waals surface area contributed by atoms with Crippen molar-refractivity contribution in [2.75, 3.05) is 31.8 Å². The lowest BCUT2D eigenvalue weighted by molar-refractivity contribution is -0.150. The quantitative estimate of drug-likeness (QED) is 0.220. The summed E-state index contributed by atoms with van der Waals surface area (Å²) in [5.74, 6) is -0.434. The predicted molar refractivity (Wildman–Crippen MR) is 139 cm³/mol. The van der Waals surface area contributed by atoms with Crippen LogP contribution in [0.15, 0.2) is 54.9 Å². The van der Waals surface area contributed by atoms with Crippen molar-refractivity contribution in [3.63, 3.8) is 0 Å². The van der Waals surface area contributed by atoms with Gasteiger partial charge in [-0.3, -0.25) is 9.63 Å². The molecule has 0 aliphatic rings. The molecule has 12 heteroatoms. The minimum Gasteiger partial charge on any atom is -0.495 e. The fourth-order valence-corrected chi connectivity index (χ4v) is 3.99. The van der Waals surface area contributed by atoms with Crippen LogP contribution in [0.3, 0.4) is 0 Å². The first-order valence-electron chi connectivity index (χ1n) is 11.3. The molecule has 0 aliphatic carbocycles. The molecule has 0 bridgehead atoms. The van der Waals surface area contributed by atoms with Gasteiger partial charge in [0.2, 0.25) is 5.95 Å². The van der Waals surface area contributed by atoms with Gasteiger partial charge in [0.15, 0.2) is 0 Å². The van der Waals surface area contributed by atoms with Gasteiger partial charge in [-0.1, -0.05) is 6.07 Å². The van der Waals surface area contributed by atoms with E-state index in [2.05, 4.69) is 25.6 Å². The molecule has 0 radical (unpaired) electrons. The van der Waals surface area contributed by atoms with Crippen LogP contribution in [-0.2, 0) is 11.6 Å². The second-order valence-corrected chi connectivity index (χ2v) is 8.38. The first kappa shape index (κ1) is 24.0.